The molecule has 2 aromatic rings. The van der Waals surface area contributed by atoms with E-state index >= 15 is 0 Å². The van der Waals surface area contributed by atoms with E-state index in [0.717, 1.165) is 16.5 Å². The molecule has 0 saturated carbocycles. The van der Waals surface area contributed by atoms with Crippen molar-refractivity contribution in [1.82, 2.24) is 19.7 Å². The average Bonchev–Trinajstić information content (AvgIpc) is 2.70. The molecule has 0 aliphatic rings. The Morgan fingerprint density at radius 1 is 1.44 bits per heavy atom. The predicted molar refractivity (Wildman–Crippen MR) is 67.3 cm³/mol. The third kappa shape index (κ3) is 2.69. The lowest BCUT2D eigenvalue weighted by atomic mass is 10.5. The molecule has 6 heteroatoms. The molecule has 0 N–H and O–H groups in total. The van der Waals surface area contributed by atoms with Gasteiger partial charge >= 0.3 is 0 Å². The normalized spacial score (nSPS) is 10.4. The molecule has 0 fully saturated rings. The van der Waals surface area contributed by atoms with Crippen molar-refractivity contribution in [2.75, 3.05) is 0 Å². The molecule has 0 radical (unpaired) electrons. The van der Waals surface area contributed by atoms with Gasteiger partial charge in [0.15, 0.2) is 5.75 Å². The Kier molecular flexibility index (Phi) is 3.70. The molecule has 0 aliphatic carbocycles. The SMILES string of the molecule is CCCn1cc(Oc2ncncc2I)cn1. The average molecular weight is 330 g/mol. The molecule has 0 unspecified atom stereocenters. The molecule has 16 heavy (non-hydrogen) atoms. The van der Waals surface area contributed by atoms with Gasteiger partial charge in [-0.05, 0) is 29.0 Å². The van der Waals surface area contributed by atoms with E-state index in [1.54, 1.807) is 12.4 Å². The lowest BCUT2D eigenvalue weighted by Crippen LogP contribution is -1.95. The topological polar surface area (TPSA) is 52.8 Å². The number of hydrogen-bond donors (Lipinski definition) is 0. The number of ether oxygens (including phenoxy) is 1. The summed E-state index contributed by atoms with van der Waals surface area (Å²) in [7, 11) is 0. The lowest BCUT2D eigenvalue weighted by Gasteiger charge is -2.02. The first-order valence-corrected chi connectivity index (χ1v) is 6.03. The first kappa shape index (κ1) is 11.3. The van der Waals surface area contributed by atoms with Gasteiger partial charge in [-0.2, -0.15) is 5.10 Å². The fraction of sp³-hybridized carbons (Fsp3) is 0.300. The molecule has 0 amide bonds. The number of nitrogens with zero attached hydrogens (tertiary/aromatic N) is 4. The van der Waals surface area contributed by atoms with Crippen LogP contribution < -0.4 is 4.74 Å². The second-order valence-corrected chi connectivity index (χ2v) is 4.38. The molecule has 0 spiro atoms. The standard InChI is InChI=1S/C10H11IN4O/c1-2-3-15-6-8(4-14-15)16-10-9(11)5-12-7-13-10/h4-7H,2-3H2,1H3. The summed E-state index contributed by atoms with van der Waals surface area (Å²) in [5.74, 6) is 1.26. The van der Waals surface area contributed by atoms with Crippen LogP contribution in [-0.4, -0.2) is 19.7 Å². The molecule has 2 heterocycles. The summed E-state index contributed by atoms with van der Waals surface area (Å²) in [5.41, 5.74) is 0. The summed E-state index contributed by atoms with van der Waals surface area (Å²) in [4.78, 5) is 7.95. The highest BCUT2D eigenvalue weighted by Crippen LogP contribution is 2.22. The van der Waals surface area contributed by atoms with Crippen molar-refractivity contribution in [3.63, 3.8) is 0 Å². The highest BCUT2D eigenvalue weighted by molar-refractivity contribution is 14.1. The number of hydrogen-bond acceptors (Lipinski definition) is 4. The minimum atomic E-state index is 0.562. The summed E-state index contributed by atoms with van der Waals surface area (Å²) < 4.78 is 8.32. The van der Waals surface area contributed by atoms with E-state index in [4.69, 9.17) is 4.74 Å². The van der Waals surface area contributed by atoms with E-state index in [0.29, 0.717) is 11.6 Å². The van der Waals surface area contributed by atoms with Crippen molar-refractivity contribution in [3.05, 3.63) is 28.5 Å². The zero-order valence-electron chi connectivity index (χ0n) is 8.80. The first-order valence-electron chi connectivity index (χ1n) is 4.95. The lowest BCUT2D eigenvalue weighted by molar-refractivity contribution is 0.456. The number of rotatable bonds is 4. The Morgan fingerprint density at radius 2 is 2.31 bits per heavy atom. The van der Waals surface area contributed by atoms with Crippen LogP contribution in [0.5, 0.6) is 11.6 Å². The van der Waals surface area contributed by atoms with Gasteiger partial charge in [-0.15, -0.1) is 0 Å². The van der Waals surface area contributed by atoms with Crippen molar-refractivity contribution < 1.29 is 4.74 Å². The van der Waals surface area contributed by atoms with Crippen LogP contribution in [0.3, 0.4) is 0 Å². The highest BCUT2D eigenvalue weighted by atomic mass is 127. The monoisotopic (exact) mass is 330 g/mol. The van der Waals surface area contributed by atoms with E-state index in [1.807, 2.05) is 10.9 Å². The molecule has 2 aromatic heterocycles. The Morgan fingerprint density at radius 3 is 3.06 bits per heavy atom. The number of aromatic nitrogens is 4. The maximum atomic E-state index is 5.59. The Labute approximate surface area is 107 Å². The number of aryl methyl sites for hydroxylation is 1. The summed E-state index contributed by atoms with van der Waals surface area (Å²) in [6.45, 7) is 3.00. The van der Waals surface area contributed by atoms with Crippen LogP contribution in [0.1, 0.15) is 13.3 Å². The van der Waals surface area contributed by atoms with Gasteiger partial charge in [0.05, 0.1) is 16.0 Å². The van der Waals surface area contributed by atoms with Crippen molar-refractivity contribution in [1.29, 1.82) is 0 Å². The van der Waals surface area contributed by atoms with Crippen molar-refractivity contribution in [2.45, 2.75) is 19.9 Å². The second-order valence-electron chi connectivity index (χ2n) is 3.22. The zero-order chi connectivity index (χ0) is 11.4. The minimum absolute atomic E-state index is 0.562. The maximum absolute atomic E-state index is 5.59. The summed E-state index contributed by atoms with van der Waals surface area (Å²) >= 11 is 2.13. The van der Waals surface area contributed by atoms with Crippen LogP contribution in [0.15, 0.2) is 24.9 Å². The van der Waals surface area contributed by atoms with Gasteiger partial charge in [-0.3, -0.25) is 4.68 Å². The summed E-state index contributed by atoms with van der Waals surface area (Å²) in [6.07, 6.45) is 7.77. The maximum Gasteiger partial charge on any atom is 0.235 e. The van der Waals surface area contributed by atoms with Gasteiger partial charge in [0.2, 0.25) is 5.88 Å². The van der Waals surface area contributed by atoms with Gasteiger partial charge in [0, 0.05) is 12.7 Å². The highest BCUT2D eigenvalue weighted by Gasteiger charge is 2.05. The molecular formula is C10H11IN4O. The van der Waals surface area contributed by atoms with Crippen LogP contribution >= 0.6 is 22.6 Å². The van der Waals surface area contributed by atoms with E-state index in [9.17, 15) is 0 Å². The summed E-state index contributed by atoms with van der Waals surface area (Å²) in [6, 6.07) is 0. The van der Waals surface area contributed by atoms with Crippen LogP contribution in [0.25, 0.3) is 0 Å². The van der Waals surface area contributed by atoms with Crippen LogP contribution in [0, 0.1) is 3.57 Å². The molecular weight excluding hydrogens is 319 g/mol. The Hall–Kier alpha value is -1.18. The summed E-state index contributed by atoms with van der Waals surface area (Å²) in [5, 5.41) is 4.18. The molecule has 2 rings (SSSR count). The van der Waals surface area contributed by atoms with Gasteiger partial charge < -0.3 is 4.74 Å². The largest absolute Gasteiger partial charge is 0.435 e. The Balaban J connectivity index is 2.11. The zero-order valence-corrected chi connectivity index (χ0v) is 11.0. The van der Waals surface area contributed by atoms with Crippen LogP contribution in [0.2, 0.25) is 0 Å². The van der Waals surface area contributed by atoms with Gasteiger partial charge in [0.25, 0.3) is 0 Å². The van der Waals surface area contributed by atoms with Gasteiger partial charge in [0.1, 0.15) is 6.33 Å². The van der Waals surface area contributed by atoms with Crippen molar-refractivity contribution in [2.24, 2.45) is 0 Å². The van der Waals surface area contributed by atoms with E-state index < -0.39 is 0 Å². The molecule has 0 saturated heterocycles. The quantitative estimate of drug-likeness (QED) is 0.808. The molecule has 5 nitrogen and oxygen atoms in total. The van der Waals surface area contributed by atoms with Crippen LogP contribution in [0.4, 0.5) is 0 Å². The third-order valence-corrected chi connectivity index (χ3v) is 2.65. The van der Waals surface area contributed by atoms with Crippen molar-refractivity contribution in [3.8, 4) is 11.6 Å². The second kappa shape index (κ2) is 5.24. The fourth-order valence-electron chi connectivity index (χ4n) is 1.24. The predicted octanol–water partition coefficient (Wildman–Crippen LogP) is 2.48. The van der Waals surface area contributed by atoms with Crippen molar-refractivity contribution >= 4 is 22.6 Å². The Bertz CT molecular complexity index is 471. The first-order chi connectivity index (χ1) is 7.79. The molecule has 0 aromatic carbocycles. The molecule has 0 atom stereocenters. The van der Waals surface area contributed by atoms with Crippen LogP contribution in [-0.2, 0) is 6.54 Å². The molecule has 84 valence electrons. The molecule has 0 bridgehead atoms. The third-order valence-electron chi connectivity index (χ3n) is 1.91. The van der Waals surface area contributed by atoms with E-state index in [-0.39, 0.29) is 0 Å². The van der Waals surface area contributed by atoms with E-state index in [1.165, 1.54) is 6.33 Å². The number of halogens is 1. The smallest absolute Gasteiger partial charge is 0.235 e. The molecule has 0 aliphatic heterocycles. The van der Waals surface area contributed by atoms with Gasteiger partial charge in [-0.25, -0.2) is 9.97 Å². The van der Waals surface area contributed by atoms with E-state index in [2.05, 4.69) is 44.6 Å². The minimum Gasteiger partial charge on any atom is -0.435 e. The fourth-order valence-corrected chi connectivity index (χ4v) is 1.65. The van der Waals surface area contributed by atoms with Gasteiger partial charge in [-0.1, -0.05) is 6.92 Å².